The summed E-state index contributed by atoms with van der Waals surface area (Å²) in [7, 11) is 0. The average Bonchev–Trinajstić information content (AvgIpc) is 3.29. The van der Waals surface area contributed by atoms with Crippen LogP contribution in [0.25, 0.3) is 16.6 Å². The molecule has 2 aromatic carbocycles. The highest BCUT2D eigenvalue weighted by molar-refractivity contribution is 5.89. The fourth-order valence-electron chi connectivity index (χ4n) is 4.90. The van der Waals surface area contributed by atoms with E-state index >= 15 is 0 Å². The van der Waals surface area contributed by atoms with Gasteiger partial charge in [0.25, 0.3) is 0 Å². The molecule has 1 fully saturated rings. The minimum atomic E-state index is -0.277. The molecule has 1 aliphatic heterocycles. The highest BCUT2D eigenvalue weighted by Crippen LogP contribution is 2.35. The molecule has 0 bridgehead atoms. The molecule has 3 heterocycles. The minimum absolute atomic E-state index is 0.255. The molecule has 2 aromatic heterocycles. The van der Waals surface area contributed by atoms with Crippen molar-refractivity contribution in [2.75, 3.05) is 31.6 Å². The number of nitrogens with one attached hydrogen (secondary N) is 2. The van der Waals surface area contributed by atoms with Gasteiger partial charge in [-0.25, -0.2) is 9.18 Å². The molecule has 0 atom stereocenters. The molecule has 0 aliphatic carbocycles. The van der Waals surface area contributed by atoms with Crippen LogP contribution >= 0.6 is 0 Å². The minimum Gasteiger partial charge on any atom is -0.334 e. The van der Waals surface area contributed by atoms with Gasteiger partial charge in [-0.3, -0.25) is 4.98 Å². The Labute approximate surface area is 204 Å². The molecule has 35 heavy (non-hydrogen) atoms. The lowest BCUT2D eigenvalue weighted by Gasteiger charge is -2.31. The molecule has 1 aliphatic rings. The summed E-state index contributed by atoms with van der Waals surface area (Å²) >= 11 is 0. The first-order valence-electron chi connectivity index (χ1n) is 12.1. The van der Waals surface area contributed by atoms with Crippen LogP contribution in [0.4, 0.5) is 14.9 Å². The first-order chi connectivity index (χ1) is 17.2. The number of rotatable bonds is 7. The lowest BCUT2D eigenvalue weighted by Crippen LogP contribution is -2.34. The smallest absolute Gasteiger partial charge is 0.319 e. The molecule has 4 aromatic rings. The normalized spacial score (nSPS) is 14.8. The van der Waals surface area contributed by atoms with Crippen LogP contribution in [-0.4, -0.2) is 46.8 Å². The van der Waals surface area contributed by atoms with E-state index in [0.29, 0.717) is 19.0 Å². The van der Waals surface area contributed by atoms with E-state index in [0.717, 1.165) is 42.9 Å². The Bertz CT molecular complexity index is 1260. The Morgan fingerprint density at radius 3 is 2.57 bits per heavy atom. The van der Waals surface area contributed by atoms with E-state index in [9.17, 15) is 9.18 Å². The number of anilines is 1. The number of nitrogens with zero attached hydrogens (tertiary/aromatic N) is 3. The third-order valence-corrected chi connectivity index (χ3v) is 6.75. The van der Waals surface area contributed by atoms with Crippen molar-refractivity contribution < 1.29 is 9.18 Å². The van der Waals surface area contributed by atoms with Crippen LogP contribution in [0.1, 0.15) is 29.9 Å². The largest absolute Gasteiger partial charge is 0.334 e. The summed E-state index contributed by atoms with van der Waals surface area (Å²) in [5, 5.41) is 7.01. The van der Waals surface area contributed by atoms with Crippen LogP contribution < -0.4 is 10.6 Å². The van der Waals surface area contributed by atoms with Crippen LogP contribution in [0.15, 0.2) is 79.3 Å². The second-order valence-corrected chi connectivity index (χ2v) is 8.99. The van der Waals surface area contributed by atoms with Crippen LogP contribution in [0.3, 0.4) is 0 Å². The summed E-state index contributed by atoms with van der Waals surface area (Å²) in [5.41, 5.74) is 5.25. The maximum Gasteiger partial charge on any atom is 0.319 e. The second-order valence-electron chi connectivity index (χ2n) is 8.99. The van der Waals surface area contributed by atoms with Gasteiger partial charge in [-0.05, 0) is 79.4 Å². The van der Waals surface area contributed by atoms with Crippen molar-refractivity contribution in [2.45, 2.75) is 25.3 Å². The van der Waals surface area contributed by atoms with Gasteiger partial charge in [-0.2, -0.15) is 0 Å². The number of carbonyl (C=O) groups excluding carboxylic acids is 1. The number of benzene rings is 2. The van der Waals surface area contributed by atoms with Crippen LogP contribution in [-0.2, 0) is 6.54 Å². The second kappa shape index (κ2) is 10.7. The fourth-order valence-corrected chi connectivity index (χ4v) is 4.90. The number of amides is 2. The van der Waals surface area contributed by atoms with Gasteiger partial charge >= 0.3 is 6.03 Å². The third kappa shape index (κ3) is 5.35. The first-order valence-corrected chi connectivity index (χ1v) is 12.1. The molecule has 2 amide bonds. The number of urea groups is 1. The molecule has 1 saturated heterocycles. The average molecular weight is 472 g/mol. The number of piperidine rings is 1. The summed E-state index contributed by atoms with van der Waals surface area (Å²) in [4.78, 5) is 18.6. The number of aromatic nitrogens is 2. The quantitative estimate of drug-likeness (QED) is 0.374. The Kier molecular flexibility index (Phi) is 7.04. The van der Waals surface area contributed by atoms with Gasteiger partial charge in [0.1, 0.15) is 6.67 Å². The number of likely N-dealkylation sites (tertiary alicyclic amines) is 1. The van der Waals surface area contributed by atoms with Crippen molar-refractivity contribution >= 4 is 22.6 Å². The van der Waals surface area contributed by atoms with Crippen LogP contribution in [0.2, 0.25) is 0 Å². The van der Waals surface area contributed by atoms with E-state index in [2.05, 4.69) is 55.5 Å². The molecule has 7 heteroatoms. The van der Waals surface area contributed by atoms with Crippen LogP contribution in [0, 0.1) is 0 Å². The third-order valence-electron chi connectivity index (χ3n) is 6.75. The number of halogens is 1. The van der Waals surface area contributed by atoms with E-state index in [-0.39, 0.29) is 12.7 Å². The Morgan fingerprint density at radius 2 is 1.83 bits per heavy atom. The zero-order valence-electron chi connectivity index (χ0n) is 19.7. The van der Waals surface area contributed by atoms with Gasteiger partial charge in [-0.15, -0.1) is 0 Å². The van der Waals surface area contributed by atoms with E-state index in [1.54, 1.807) is 12.4 Å². The van der Waals surface area contributed by atoms with Gasteiger partial charge < -0.3 is 20.1 Å². The molecule has 0 spiro atoms. The summed E-state index contributed by atoms with van der Waals surface area (Å²) in [5.74, 6) is 0.474. The van der Waals surface area contributed by atoms with Gasteiger partial charge in [0.05, 0.1) is 5.52 Å². The number of fused-ring (bicyclic) bond motifs is 1. The van der Waals surface area contributed by atoms with Crippen LogP contribution in [0.5, 0.6) is 0 Å². The van der Waals surface area contributed by atoms with Crippen molar-refractivity contribution in [1.82, 2.24) is 19.8 Å². The molecule has 5 rings (SSSR count). The van der Waals surface area contributed by atoms with E-state index in [1.165, 1.54) is 16.5 Å². The number of hydrogen-bond acceptors (Lipinski definition) is 3. The zero-order valence-corrected chi connectivity index (χ0v) is 19.7. The van der Waals surface area contributed by atoms with E-state index in [1.807, 2.05) is 36.4 Å². The molecule has 0 unspecified atom stereocenters. The van der Waals surface area contributed by atoms with Gasteiger partial charge in [0.2, 0.25) is 0 Å². The number of carbonyl (C=O) groups is 1. The van der Waals surface area contributed by atoms with Crippen molar-refractivity contribution in [3.8, 4) is 5.69 Å². The molecular weight excluding hydrogens is 441 g/mol. The molecule has 6 nitrogen and oxygen atoms in total. The number of pyridine rings is 1. The predicted octanol–water partition coefficient (Wildman–Crippen LogP) is 5.50. The summed E-state index contributed by atoms with van der Waals surface area (Å²) < 4.78 is 15.0. The lowest BCUT2D eigenvalue weighted by molar-refractivity contribution is 0.197. The molecule has 2 N–H and O–H groups in total. The van der Waals surface area contributed by atoms with Gasteiger partial charge in [0, 0.05) is 48.4 Å². The van der Waals surface area contributed by atoms with Crippen molar-refractivity contribution in [1.29, 1.82) is 0 Å². The Hall–Kier alpha value is -3.71. The maximum atomic E-state index is 12.7. The van der Waals surface area contributed by atoms with Gasteiger partial charge in [-0.1, -0.05) is 24.3 Å². The number of hydrogen-bond donors (Lipinski definition) is 2. The Morgan fingerprint density at radius 1 is 1.03 bits per heavy atom. The predicted molar refractivity (Wildman–Crippen MR) is 138 cm³/mol. The van der Waals surface area contributed by atoms with E-state index in [4.69, 9.17) is 0 Å². The monoisotopic (exact) mass is 471 g/mol. The highest BCUT2D eigenvalue weighted by Gasteiger charge is 2.23. The molecule has 180 valence electrons. The van der Waals surface area contributed by atoms with Crippen molar-refractivity contribution in [3.63, 3.8) is 0 Å². The zero-order chi connectivity index (χ0) is 24.0. The van der Waals surface area contributed by atoms with Crippen molar-refractivity contribution in [3.05, 3.63) is 90.4 Å². The summed E-state index contributed by atoms with van der Waals surface area (Å²) in [6, 6.07) is 19.9. The fraction of sp³-hybridized carbons (Fsp3) is 0.286. The number of alkyl halides is 1. The summed E-state index contributed by atoms with van der Waals surface area (Å²) in [6.07, 6.45) is 7.79. The Balaban J connectivity index is 1.29. The summed E-state index contributed by atoms with van der Waals surface area (Å²) in [6.45, 7) is 2.56. The molecule has 0 saturated carbocycles. The molecular formula is C28H30FN5O. The number of para-hydroxylation sites is 1. The standard InChI is InChI=1S/C28H30FN5O/c29-13-17-33-15-11-22(12-16-33)26-20-34(27-6-2-1-5-25(26)27)24-9-7-23(8-10-24)32-28(35)31-19-21-4-3-14-30-18-21/h1-10,14,18,20,22H,11-13,15-17,19H2,(H2,31,32,35). The topological polar surface area (TPSA) is 62.2 Å². The maximum absolute atomic E-state index is 12.7. The van der Waals surface area contributed by atoms with Gasteiger partial charge in [0.15, 0.2) is 0 Å². The lowest BCUT2D eigenvalue weighted by atomic mass is 9.89. The first kappa shape index (κ1) is 23.1. The SMILES string of the molecule is O=C(NCc1cccnc1)Nc1ccc(-n2cc(C3CCN(CCF)CC3)c3ccccc32)cc1. The van der Waals surface area contributed by atoms with Crippen molar-refractivity contribution in [2.24, 2.45) is 0 Å². The molecule has 0 radical (unpaired) electrons. The van der Waals surface area contributed by atoms with E-state index < -0.39 is 0 Å². The highest BCUT2D eigenvalue weighted by atomic mass is 19.1.